The molecule has 0 aliphatic rings. The van der Waals surface area contributed by atoms with E-state index in [1.54, 1.807) is 24.3 Å². The van der Waals surface area contributed by atoms with Gasteiger partial charge >= 0.3 is 0 Å². The summed E-state index contributed by atoms with van der Waals surface area (Å²) in [5.41, 5.74) is 1.33. The van der Waals surface area contributed by atoms with E-state index in [1.807, 2.05) is 30.3 Å². The van der Waals surface area contributed by atoms with E-state index in [1.165, 1.54) is 10.8 Å². The molecule has 0 saturated heterocycles. The summed E-state index contributed by atoms with van der Waals surface area (Å²) in [6.45, 7) is 0. The van der Waals surface area contributed by atoms with E-state index in [9.17, 15) is 9.59 Å². The fourth-order valence-electron chi connectivity index (χ4n) is 2.65. The van der Waals surface area contributed by atoms with Crippen LogP contribution in [0.15, 0.2) is 70.7 Å². The molecule has 2 aromatic heterocycles. The van der Waals surface area contributed by atoms with Crippen LogP contribution in [0.2, 0.25) is 5.02 Å². The summed E-state index contributed by atoms with van der Waals surface area (Å²) in [6.07, 6.45) is 1.45. The van der Waals surface area contributed by atoms with Gasteiger partial charge in [-0.05, 0) is 24.3 Å². The average molecular weight is 412 g/mol. The minimum atomic E-state index is -0.253. The molecule has 0 spiro atoms. The third-order valence-electron chi connectivity index (χ3n) is 3.95. The van der Waals surface area contributed by atoms with Crippen LogP contribution in [0.25, 0.3) is 16.7 Å². The number of hydrogen-bond acceptors (Lipinski definition) is 5. The number of nitrogens with zero attached hydrogens (tertiary/aromatic N) is 3. The molecule has 140 valence electrons. The molecule has 2 aromatic carbocycles. The number of H-pyrrole nitrogens is 1. The lowest BCUT2D eigenvalue weighted by molar-refractivity contribution is -0.113. The normalized spacial score (nSPS) is 10.9. The van der Waals surface area contributed by atoms with Crippen LogP contribution in [0.5, 0.6) is 0 Å². The van der Waals surface area contributed by atoms with E-state index in [2.05, 4.69) is 20.5 Å². The molecular weight excluding hydrogens is 398 g/mol. The molecule has 0 radical (unpaired) electrons. The molecule has 0 unspecified atom stereocenters. The number of aromatic nitrogens is 4. The number of nitrogens with one attached hydrogen (secondary N) is 2. The van der Waals surface area contributed by atoms with Crippen molar-refractivity contribution in [1.29, 1.82) is 0 Å². The number of para-hydroxylation sites is 2. The molecule has 9 heteroatoms. The molecule has 2 N–H and O–H groups in total. The maximum atomic E-state index is 12.9. The predicted molar refractivity (Wildman–Crippen MR) is 110 cm³/mol. The molecule has 0 fully saturated rings. The fraction of sp³-hybridized carbons (Fsp3) is 0.0526. The van der Waals surface area contributed by atoms with Crippen molar-refractivity contribution in [3.63, 3.8) is 0 Å². The van der Waals surface area contributed by atoms with Gasteiger partial charge in [0.1, 0.15) is 5.39 Å². The van der Waals surface area contributed by atoms with Crippen LogP contribution in [0, 0.1) is 0 Å². The Morgan fingerprint density at radius 2 is 1.89 bits per heavy atom. The van der Waals surface area contributed by atoms with Gasteiger partial charge in [0.2, 0.25) is 5.91 Å². The van der Waals surface area contributed by atoms with Gasteiger partial charge in [-0.1, -0.05) is 53.7 Å². The third kappa shape index (κ3) is 3.64. The number of aromatic amines is 1. The molecule has 2 heterocycles. The molecule has 1 amide bonds. The number of anilines is 1. The van der Waals surface area contributed by atoms with Gasteiger partial charge in [-0.3, -0.25) is 19.3 Å². The Morgan fingerprint density at radius 3 is 2.68 bits per heavy atom. The highest BCUT2D eigenvalue weighted by Crippen LogP contribution is 2.23. The molecule has 0 saturated carbocycles. The van der Waals surface area contributed by atoms with Crippen molar-refractivity contribution in [3.8, 4) is 5.69 Å². The summed E-state index contributed by atoms with van der Waals surface area (Å²) < 4.78 is 1.48. The van der Waals surface area contributed by atoms with Crippen LogP contribution < -0.4 is 10.9 Å². The Balaban J connectivity index is 1.64. The minimum absolute atomic E-state index is 0.0597. The first kappa shape index (κ1) is 18.3. The van der Waals surface area contributed by atoms with Gasteiger partial charge in [0.15, 0.2) is 10.8 Å². The van der Waals surface area contributed by atoms with E-state index in [0.29, 0.717) is 32.6 Å². The Kier molecular flexibility index (Phi) is 5.14. The second-order valence-corrected chi connectivity index (χ2v) is 7.17. The molecule has 0 atom stereocenters. The molecule has 28 heavy (non-hydrogen) atoms. The standard InChI is InChI=1S/C19H14ClN5O2S/c20-14-8-4-5-9-15(14)22-16(26)11-28-19-23-17-13(10-21-24-17)18(27)25(19)12-6-2-1-3-7-12/h1-10H,11H2,(H,21,24)(H,22,26). The predicted octanol–water partition coefficient (Wildman–Crippen LogP) is 3.49. The topological polar surface area (TPSA) is 92.7 Å². The van der Waals surface area contributed by atoms with Crippen molar-refractivity contribution in [1.82, 2.24) is 19.7 Å². The van der Waals surface area contributed by atoms with Gasteiger partial charge in [0.25, 0.3) is 5.56 Å². The van der Waals surface area contributed by atoms with Crippen molar-refractivity contribution in [2.75, 3.05) is 11.1 Å². The number of hydrogen-bond donors (Lipinski definition) is 2. The third-order valence-corrected chi connectivity index (χ3v) is 5.21. The van der Waals surface area contributed by atoms with Crippen LogP contribution in [-0.4, -0.2) is 31.4 Å². The number of fused-ring (bicyclic) bond motifs is 1. The van der Waals surface area contributed by atoms with Crippen molar-refractivity contribution in [2.24, 2.45) is 0 Å². The number of amides is 1. The largest absolute Gasteiger partial charge is 0.324 e. The highest BCUT2D eigenvalue weighted by Gasteiger charge is 2.16. The summed E-state index contributed by atoms with van der Waals surface area (Å²) in [5.74, 6) is -0.193. The van der Waals surface area contributed by atoms with Crippen LogP contribution in [-0.2, 0) is 4.79 Å². The monoisotopic (exact) mass is 411 g/mol. The maximum absolute atomic E-state index is 12.9. The van der Waals surface area contributed by atoms with Crippen molar-refractivity contribution >= 4 is 46.0 Å². The minimum Gasteiger partial charge on any atom is -0.324 e. The molecule has 0 bridgehead atoms. The van der Waals surface area contributed by atoms with Crippen molar-refractivity contribution in [2.45, 2.75) is 5.16 Å². The maximum Gasteiger partial charge on any atom is 0.269 e. The van der Waals surface area contributed by atoms with E-state index >= 15 is 0 Å². The van der Waals surface area contributed by atoms with E-state index in [0.717, 1.165) is 11.8 Å². The number of rotatable bonds is 5. The first-order valence-electron chi connectivity index (χ1n) is 8.32. The zero-order chi connectivity index (χ0) is 19.5. The number of benzene rings is 2. The lowest BCUT2D eigenvalue weighted by Gasteiger charge is -2.12. The lowest BCUT2D eigenvalue weighted by Crippen LogP contribution is -2.22. The second-order valence-electron chi connectivity index (χ2n) is 5.82. The summed E-state index contributed by atoms with van der Waals surface area (Å²) >= 11 is 7.23. The lowest BCUT2D eigenvalue weighted by atomic mass is 10.3. The summed E-state index contributed by atoms with van der Waals surface area (Å²) in [5, 5.41) is 10.6. The van der Waals surface area contributed by atoms with Gasteiger partial charge in [0, 0.05) is 0 Å². The average Bonchev–Trinajstić information content (AvgIpc) is 3.18. The molecule has 7 nitrogen and oxygen atoms in total. The summed E-state index contributed by atoms with van der Waals surface area (Å²) in [6, 6.07) is 16.1. The fourth-order valence-corrected chi connectivity index (χ4v) is 3.64. The van der Waals surface area contributed by atoms with E-state index in [-0.39, 0.29) is 17.2 Å². The number of carbonyl (C=O) groups is 1. The number of thioether (sulfide) groups is 1. The van der Waals surface area contributed by atoms with Crippen molar-refractivity contribution < 1.29 is 4.79 Å². The molecule has 0 aliphatic carbocycles. The van der Waals surface area contributed by atoms with Crippen LogP contribution in [0.4, 0.5) is 5.69 Å². The van der Waals surface area contributed by atoms with E-state index in [4.69, 9.17) is 11.6 Å². The van der Waals surface area contributed by atoms with Gasteiger partial charge in [-0.2, -0.15) is 5.10 Å². The molecule has 0 aliphatic heterocycles. The molecular formula is C19H14ClN5O2S. The number of carbonyl (C=O) groups excluding carboxylic acids is 1. The Labute approximate surface area is 168 Å². The van der Waals surface area contributed by atoms with Crippen LogP contribution >= 0.6 is 23.4 Å². The summed E-state index contributed by atoms with van der Waals surface area (Å²) in [7, 11) is 0. The Bertz CT molecular complexity index is 1210. The Morgan fingerprint density at radius 1 is 1.14 bits per heavy atom. The Hall–Kier alpha value is -3.10. The second kappa shape index (κ2) is 7.87. The van der Waals surface area contributed by atoms with Crippen molar-refractivity contribution in [3.05, 3.63) is 76.2 Å². The first-order chi connectivity index (χ1) is 13.6. The zero-order valence-corrected chi connectivity index (χ0v) is 16.0. The SMILES string of the molecule is O=C(CSc1nc2[nH]ncc2c(=O)n1-c1ccccc1)Nc1ccccc1Cl. The van der Waals surface area contributed by atoms with Gasteiger partial charge in [-0.15, -0.1) is 0 Å². The van der Waals surface area contributed by atoms with Gasteiger partial charge < -0.3 is 5.32 Å². The van der Waals surface area contributed by atoms with Gasteiger partial charge in [-0.25, -0.2) is 4.98 Å². The number of halogens is 1. The van der Waals surface area contributed by atoms with Crippen LogP contribution in [0.1, 0.15) is 0 Å². The highest BCUT2D eigenvalue weighted by atomic mass is 35.5. The van der Waals surface area contributed by atoms with Crippen LogP contribution in [0.3, 0.4) is 0 Å². The zero-order valence-electron chi connectivity index (χ0n) is 14.4. The van der Waals surface area contributed by atoms with E-state index < -0.39 is 0 Å². The van der Waals surface area contributed by atoms with Gasteiger partial charge in [0.05, 0.1) is 28.3 Å². The molecule has 4 aromatic rings. The molecule has 4 rings (SSSR count). The quantitative estimate of drug-likeness (QED) is 0.387. The smallest absolute Gasteiger partial charge is 0.269 e. The first-order valence-corrected chi connectivity index (χ1v) is 9.68. The highest BCUT2D eigenvalue weighted by molar-refractivity contribution is 7.99. The summed E-state index contributed by atoms with van der Waals surface area (Å²) in [4.78, 5) is 29.8.